The van der Waals surface area contributed by atoms with E-state index in [1.165, 1.54) is 6.20 Å². The van der Waals surface area contributed by atoms with Crippen molar-refractivity contribution >= 4 is 28.6 Å². The van der Waals surface area contributed by atoms with Gasteiger partial charge in [0.15, 0.2) is 0 Å². The van der Waals surface area contributed by atoms with Crippen LogP contribution in [0.1, 0.15) is 55.7 Å². The molecule has 0 atom stereocenters. The van der Waals surface area contributed by atoms with E-state index >= 15 is 0 Å². The van der Waals surface area contributed by atoms with Crippen molar-refractivity contribution in [2.45, 2.75) is 46.1 Å². The third-order valence-corrected chi connectivity index (χ3v) is 3.78. The van der Waals surface area contributed by atoms with Crippen LogP contribution in [0, 0.1) is 12.5 Å². The third kappa shape index (κ3) is 4.77. The van der Waals surface area contributed by atoms with Crippen LogP contribution in [-0.2, 0) is 15.9 Å². The molecule has 25 heavy (non-hydrogen) atoms. The van der Waals surface area contributed by atoms with Crippen LogP contribution in [0.25, 0.3) is 5.57 Å². The van der Waals surface area contributed by atoms with Crippen molar-refractivity contribution in [1.29, 1.82) is 0 Å². The highest BCUT2D eigenvalue weighted by molar-refractivity contribution is 7.80. The smallest absolute Gasteiger partial charge is 0.353 e. The van der Waals surface area contributed by atoms with E-state index in [0.717, 1.165) is 21.7 Å². The van der Waals surface area contributed by atoms with Gasteiger partial charge in [0.25, 0.3) is 0 Å². The number of thiocarbonyl (C=S) groups is 1. The summed E-state index contributed by atoms with van der Waals surface area (Å²) in [5.41, 5.74) is 2.43. The highest BCUT2D eigenvalue weighted by atomic mass is 32.1. The predicted molar refractivity (Wildman–Crippen MR) is 102 cm³/mol. The normalized spacial score (nSPS) is 14.3. The van der Waals surface area contributed by atoms with E-state index in [1.807, 2.05) is 52.0 Å². The Labute approximate surface area is 153 Å². The monoisotopic (exact) mass is 355 g/mol. The number of ether oxygens (including phenoxy) is 2. The molecule has 0 saturated carbocycles. The second-order valence-electron chi connectivity index (χ2n) is 6.60. The van der Waals surface area contributed by atoms with Gasteiger partial charge in [-0.1, -0.05) is 31.6 Å². The molecule has 1 heterocycles. The lowest BCUT2D eigenvalue weighted by molar-refractivity contribution is 0.0622. The van der Waals surface area contributed by atoms with Gasteiger partial charge < -0.3 is 9.47 Å². The van der Waals surface area contributed by atoms with Crippen LogP contribution in [0.4, 0.5) is 0 Å². The summed E-state index contributed by atoms with van der Waals surface area (Å²) in [5, 5.41) is 0. The number of nitrogens with zero attached hydrogens (tertiary/aromatic N) is 1. The molecule has 5 heteroatoms. The Morgan fingerprint density at radius 2 is 2.16 bits per heavy atom. The van der Waals surface area contributed by atoms with Gasteiger partial charge in [0.05, 0.1) is 11.3 Å². The summed E-state index contributed by atoms with van der Waals surface area (Å²) in [7, 11) is 0. The highest BCUT2D eigenvalue weighted by Crippen LogP contribution is 2.31. The first kappa shape index (κ1) is 18.9. The average molecular weight is 355 g/mol. The summed E-state index contributed by atoms with van der Waals surface area (Å²) < 4.78 is 10.7. The minimum atomic E-state index is -0.570. The van der Waals surface area contributed by atoms with Gasteiger partial charge in [-0.15, -0.1) is 0 Å². The van der Waals surface area contributed by atoms with Crippen molar-refractivity contribution < 1.29 is 14.3 Å². The Morgan fingerprint density at radius 3 is 2.76 bits per heavy atom. The zero-order valence-corrected chi connectivity index (χ0v) is 15.7. The first-order valence-corrected chi connectivity index (χ1v) is 8.46. The maximum absolute atomic E-state index is 11.9. The number of terminal acetylenes is 1. The summed E-state index contributed by atoms with van der Waals surface area (Å²) >= 11 is 5.31. The number of carbonyl (C=O) groups excluding carboxylic acids is 1. The molecule has 0 saturated heterocycles. The Kier molecular flexibility index (Phi) is 5.76. The van der Waals surface area contributed by atoms with E-state index < -0.39 is 5.97 Å². The van der Waals surface area contributed by atoms with Crippen LogP contribution < -0.4 is 0 Å². The summed E-state index contributed by atoms with van der Waals surface area (Å²) in [6.07, 6.45) is 13.6. The molecule has 4 nitrogen and oxygen atoms in total. The number of hydrogen-bond donors (Lipinski definition) is 0. The Hall–Kier alpha value is -2.45. The van der Waals surface area contributed by atoms with Gasteiger partial charge in [-0.25, -0.2) is 4.79 Å². The van der Waals surface area contributed by atoms with E-state index in [4.69, 9.17) is 23.4 Å². The summed E-state index contributed by atoms with van der Waals surface area (Å²) in [6, 6.07) is 1.87. The van der Waals surface area contributed by atoms with Gasteiger partial charge in [-0.05, 0) is 44.9 Å². The fraction of sp³-hybridized carbons (Fsp3) is 0.350. The van der Waals surface area contributed by atoms with E-state index in [1.54, 1.807) is 0 Å². The minimum Gasteiger partial charge on any atom is -0.487 e. The van der Waals surface area contributed by atoms with Crippen LogP contribution in [0.3, 0.4) is 0 Å². The Balaban J connectivity index is 2.43. The largest absolute Gasteiger partial charge is 0.487 e. The van der Waals surface area contributed by atoms with Crippen LogP contribution in [0.2, 0.25) is 0 Å². The summed E-state index contributed by atoms with van der Waals surface area (Å²) in [5.74, 6) is 0.121. The molecule has 1 aromatic heterocycles. The molecule has 0 spiro atoms. The highest BCUT2D eigenvalue weighted by Gasteiger charge is 2.23. The SMILES string of the molecule is C#COC(=O)c1cnc(C2=CCC(=S)C=C2OC(C)(C)C)cc1CC. The molecule has 1 aliphatic carbocycles. The number of aromatic nitrogens is 1. The van der Waals surface area contributed by atoms with Crippen LogP contribution in [0.5, 0.6) is 0 Å². The molecular weight excluding hydrogens is 334 g/mol. The summed E-state index contributed by atoms with van der Waals surface area (Å²) in [6.45, 7) is 7.89. The molecule has 1 aliphatic rings. The van der Waals surface area contributed by atoms with Crippen LogP contribution >= 0.6 is 12.2 Å². The molecule has 0 amide bonds. The van der Waals surface area contributed by atoms with Crippen LogP contribution in [-0.4, -0.2) is 21.4 Å². The van der Waals surface area contributed by atoms with E-state index in [0.29, 0.717) is 24.2 Å². The molecule has 2 rings (SSSR count). The Bertz CT molecular complexity index is 807. The molecule has 130 valence electrons. The molecule has 0 N–H and O–H groups in total. The van der Waals surface area contributed by atoms with Crippen LogP contribution in [0.15, 0.2) is 30.2 Å². The molecule has 0 fully saturated rings. The fourth-order valence-electron chi connectivity index (χ4n) is 2.46. The summed E-state index contributed by atoms with van der Waals surface area (Å²) in [4.78, 5) is 17.2. The second kappa shape index (κ2) is 7.62. The van der Waals surface area contributed by atoms with Crippen molar-refractivity contribution in [3.8, 4) is 12.5 Å². The zero-order valence-electron chi connectivity index (χ0n) is 14.9. The van der Waals surface area contributed by atoms with E-state index in [-0.39, 0.29) is 5.60 Å². The van der Waals surface area contributed by atoms with Crippen molar-refractivity contribution in [2.75, 3.05) is 0 Å². The molecule has 0 unspecified atom stereocenters. The lowest BCUT2D eigenvalue weighted by atomic mass is 9.97. The van der Waals surface area contributed by atoms with Crippen molar-refractivity contribution in [3.05, 3.63) is 47.0 Å². The molecular formula is C20H21NO3S. The molecule has 0 radical (unpaired) electrons. The molecule has 0 bridgehead atoms. The number of allylic oxidation sites excluding steroid dienone is 3. The van der Waals surface area contributed by atoms with Gasteiger partial charge in [-0.3, -0.25) is 4.98 Å². The quantitative estimate of drug-likeness (QED) is 0.459. The number of esters is 1. The Morgan fingerprint density at radius 1 is 1.44 bits per heavy atom. The van der Waals surface area contributed by atoms with Gasteiger partial charge >= 0.3 is 5.97 Å². The van der Waals surface area contributed by atoms with Gasteiger partial charge in [0.1, 0.15) is 17.5 Å². The maximum atomic E-state index is 11.9. The topological polar surface area (TPSA) is 48.4 Å². The van der Waals surface area contributed by atoms with Crippen molar-refractivity contribution in [2.24, 2.45) is 0 Å². The fourth-order valence-corrected chi connectivity index (χ4v) is 2.65. The van der Waals surface area contributed by atoms with Crippen molar-refractivity contribution in [1.82, 2.24) is 4.98 Å². The van der Waals surface area contributed by atoms with Gasteiger partial charge in [0, 0.05) is 23.1 Å². The lowest BCUT2D eigenvalue weighted by Gasteiger charge is -2.26. The van der Waals surface area contributed by atoms with Gasteiger partial charge in [0.2, 0.25) is 0 Å². The number of carbonyl (C=O) groups is 1. The molecule has 0 aromatic carbocycles. The first-order valence-electron chi connectivity index (χ1n) is 8.05. The third-order valence-electron chi connectivity index (χ3n) is 3.50. The molecule has 0 aliphatic heterocycles. The molecule has 1 aromatic rings. The average Bonchev–Trinajstić information content (AvgIpc) is 2.53. The first-order chi connectivity index (χ1) is 11.7. The number of rotatable bonds is 4. The van der Waals surface area contributed by atoms with E-state index in [2.05, 4.69) is 9.72 Å². The standard InChI is InChI=1S/C20H21NO3S/c1-6-13-10-17(21-12-16(13)19(22)23-7-2)15-9-8-14(25)11-18(15)24-20(3,4)5/h2,9-12H,6,8H2,1,3-5H3. The van der Waals surface area contributed by atoms with E-state index in [9.17, 15) is 4.79 Å². The predicted octanol–water partition coefficient (Wildman–Crippen LogP) is 4.25. The number of aryl methyl sites for hydroxylation is 1. The van der Waals surface area contributed by atoms with Gasteiger partial charge in [-0.2, -0.15) is 0 Å². The number of hydrogen-bond acceptors (Lipinski definition) is 5. The van der Waals surface area contributed by atoms with Crippen molar-refractivity contribution in [3.63, 3.8) is 0 Å². The second-order valence-corrected chi connectivity index (χ2v) is 7.12. The minimum absolute atomic E-state index is 0.359. The maximum Gasteiger partial charge on any atom is 0.353 e. The number of pyridine rings is 1. The lowest BCUT2D eigenvalue weighted by Crippen LogP contribution is -2.21. The zero-order chi connectivity index (χ0) is 18.6.